The monoisotopic (exact) mass is 216 g/mol. The molecule has 2 heteroatoms. The van der Waals surface area contributed by atoms with Crippen molar-refractivity contribution in [3.05, 3.63) is 36.0 Å². The van der Waals surface area contributed by atoms with Crippen LogP contribution in [0.25, 0.3) is 10.9 Å². The van der Waals surface area contributed by atoms with Gasteiger partial charge in [-0.1, -0.05) is 13.0 Å². The summed E-state index contributed by atoms with van der Waals surface area (Å²) >= 11 is 0. The van der Waals surface area contributed by atoms with Gasteiger partial charge in [0, 0.05) is 24.3 Å². The second-order valence-electron chi connectivity index (χ2n) is 4.34. The summed E-state index contributed by atoms with van der Waals surface area (Å²) in [5.74, 6) is 0. The summed E-state index contributed by atoms with van der Waals surface area (Å²) in [4.78, 5) is 0. The molecular formula is C14H20N2. The molecule has 0 bridgehead atoms. The molecule has 0 aliphatic carbocycles. The molecule has 0 aliphatic heterocycles. The van der Waals surface area contributed by atoms with Crippen molar-refractivity contribution in [2.75, 3.05) is 7.05 Å². The summed E-state index contributed by atoms with van der Waals surface area (Å²) < 4.78 is 2.32. The van der Waals surface area contributed by atoms with Crippen molar-refractivity contribution < 1.29 is 0 Å². The van der Waals surface area contributed by atoms with Crippen LogP contribution >= 0.6 is 0 Å². The van der Waals surface area contributed by atoms with Crippen molar-refractivity contribution >= 4 is 10.9 Å². The maximum atomic E-state index is 3.27. The van der Waals surface area contributed by atoms with Gasteiger partial charge in [0.2, 0.25) is 0 Å². The van der Waals surface area contributed by atoms with Crippen LogP contribution in [0.2, 0.25) is 0 Å². The van der Waals surface area contributed by atoms with E-state index in [0.717, 1.165) is 6.54 Å². The molecule has 2 nitrogen and oxygen atoms in total. The highest BCUT2D eigenvalue weighted by Gasteiger charge is 2.05. The molecule has 0 saturated heterocycles. The van der Waals surface area contributed by atoms with Gasteiger partial charge in [0.15, 0.2) is 0 Å². The third-order valence-corrected chi connectivity index (χ3v) is 3.19. The maximum absolute atomic E-state index is 3.27. The quantitative estimate of drug-likeness (QED) is 0.829. The Kier molecular flexibility index (Phi) is 3.30. The van der Waals surface area contributed by atoms with Crippen molar-refractivity contribution in [3.63, 3.8) is 0 Å². The molecule has 1 unspecified atom stereocenters. The summed E-state index contributed by atoms with van der Waals surface area (Å²) in [5, 5.41) is 4.61. The summed E-state index contributed by atoms with van der Waals surface area (Å²) in [6.07, 6.45) is 3.36. The molecule has 2 rings (SSSR count). The molecule has 0 radical (unpaired) electrons. The lowest BCUT2D eigenvalue weighted by atomic mass is 10.1. The lowest BCUT2D eigenvalue weighted by Gasteiger charge is -2.11. The van der Waals surface area contributed by atoms with Crippen LogP contribution in [-0.4, -0.2) is 11.6 Å². The normalized spacial score (nSPS) is 13.2. The van der Waals surface area contributed by atoms with Crippen LogP contribution in [0.1, 0.15) is 31.9 Å². The third-order valence-electron chi connectivity index (χ3n) is 3.19. The maximum Gasteiger partial charge on any atom is 0.0480 e. The second-order valence-corrected chi connectivity index (χ2v) is 4.34. The van der Waals surface area contributed by atoms with Crippen molar-refractivity contribution in [1.82, 2.24) is 9.88 Å². The third kappa shape index (κ3) is 1.98. The second kappa shape index (κ2) is 4.71. The van der Waals surface area contributed by atoms with Crippen LogP contribution in [-0.2, 0) is 6.54 Å². The topological polar surface area (TPSA) is 17.0 Å². The fourth-order valence-corrected chi connectivity index (χ4v) is 2.09. The van der Waals surface area contributed by atoms with Crippen LogP contribution in [0.4, 0.5) is 0 Å². The Balaban J connectivity index is 2.41. The highest BCUT2D eigenvalue weighted by Crippen LogP contribution is 2.21. The van der Waals surface area contributed by atoms with Crippen LogP contribution in [0.15, 0.2) is 30.5 Å². The Morgan fingerprint density at radius 1 is 1.31 bits per heavy atom. The predicted octanol–water partition coefficient (Wildman–Crippen LogP) is 3.33. The Hall–Kier alpha value is -1.28. The lowest BCUT2D eigenvalue weighted by Crippen LogP contribution is -2.11. The largest absolute Gasteiger partial charge is 0.347 e. The van der Waals surface area contributed by atoms with Crippen LogP contribution in [0, 0.1) is 0 Å². The fraction of sp³-hybridized carbons (Fsp3) is 0.429. The van der Waals surface area contributed by atoms with Crippen LogP contribution in [0.3, 0.4) is 0 Å². The van der Waals surface area contributed by atoms with Crippen molar-refractivity contribution in [3.8, 4) is 0 Å². The molecule has 0 amide bonds. The van der Waals surface area contributed by atoms with Gasteiger partial charge in [-0.2, -0.15) is 0 Å². The first kappa shape index (κ1) is 11.2. The van der Waals surface area contributed by atoms with E-state index < -0.39 is 0 Å². The number of hydrogen-bond donors (Lipinski definition) is 1. The Morgan fingerprint density at radius 3 is 2.81 bits per heavy atom. The van der Waals surface area contributed by atoms with E-state index in [4.69, 9.17) is 0 Å². The minimum atomic E-state index is 0.416. The van der Waals surface area contributed by atoms with E-state index in [-0.39, 0.29) is 0 Å². The van der Waals surface area contributed by atoms with Gasteiger partial charge < -0.3 is 9.88 Å². The molecule has 1 aromatic carbocycles. The van der Waals surface area contributed by atoms with Gasteiger partial charge in [0.1, 0.15) is 0 Å². The van der Waals surface area contributed by atoms with Gasteiger partial charge >= 0.3 is 0 Å². The van der Waals surface area contributed by atoms with Crippen molar-refractivity contribution in [2.24, 2.45) is 0 Å². The standard InChI is InChI=1S/C14H20N2/c1-4-8-16-9-7-13-10-12(11(2)15-3)5-6-14(13)16/h5-7,9-11,15H,4,8H2,1-3H3. The van der Waals surface area contributed by atoms with E-state index >= 15 is 0 Å². The Morgan fingerprint density at radius 2 is 2.12 bits per heavy atom. The van der Waals surface area contributed by atoms with Crippen LogP contribution < -0.4 is 5.32 Å². The number of aromatic nitrogens is 1. The lowest BCUT2D eigenvalue weighted by molar-refractivity contribution is 0.653. The van der Waals surface area contributed by atoms with E-state index in [1.807, 2.05) is 7.05 Å². The number of benzene rings is 1. The van der Waals surface area contributed by atoms with E-state index in [0.29, 0.717) is 6.04 Å². The molecule has 1 atom stereocenters. The number of nitrogens with zero attached hydrogens (tertiary/aromatic N) is 1. The van der Waals surface area contributed by atoms with Crippen LogP contribution in [0.5, 0.6) is 0 Å². The summed E-state index contributed by atoms with van der Waals surface area (Å²) in [6, 6.07) is 9.35. The summed E-state index contributed by atoms with van der Waals surface area (Å²) in [5.41, 5.74) is 2.69. The van der Waals surface area contributed by atoms with Gasteiger partial charge in [-0.25, -0.2) is 0 Å². The SMILES string of the molecule is CCCn1ccc2cc(C(C)NC)ccc21. The smallest absolute Gasteiger partial charge is 0.0480 e. The van der Waals surface area contributed by atoms with E-state index in [1.165, 1.54) is 22.9 Å². The first-order chi connectivity index (χ1) is 7.76. The van der Waals surface area contributed by atoms with E-state index in [1.54, 1.807) is 0 Å². The zero-order valence-electron chi connectivity index (χ0n) is 10.3. The molecule has 1 N–H and O–H groups in total. The zero-order valence-corrected chi connectivity index (χ0v) is 10.3. The molecular weight excluding hydrogens is 196 g/mol. The zero-order chi connectivity index (χ0) is 11.5. The van der Waals surface area contributed by atoms with Crippen molar-refractivity contribution in [2.45, 2.75) is 32.9 Å². The van der Waals surface area contributed by atoms with E-state index in [2.05, 4.69) is 54.2 Å². The van der Waals surface area contributed by atoms with Gasteiger partial charge in [-0.3, -0.25) is 0 Å². The Labute approximate surface area is 97.3 Å². The molecule has 86 valence electrons. The number of aryl methyl sites for hydroxylation is 1. The summed E-state index contributed by atoms with van der Waals surface area (Å²) in [6.45, 7) is 5.50. The van der Waals surface area contributed by atoms with Gasteiger partial charge in [0.05, 0.1) is 0 Å². The molecule has 16 heavy (non-hydrogen) atoms. The highest BCUT2D eigenvalue weighted by molar-refractivity contribution is 5.81. The number of nitrogens with one attached hydrogen (secondary N) is 1. The number of fused-ring (bicyclic) bond motifs is 1. The predicted molar refractivity (Wildman–Crippen MR) is 69.7 cm³/mol. The molecule has 1 aromatic heterocycles. The molecule has 0 aliphatic rings. The van der Waals surface area contributed by atoms with Gasteiger partial charge in [0.25, 0.3) is 0 Å². The van der Waals surface area contributed by atoms with Crippen molar-refractivity contribution in [1.29, 1.82) is 0 Å². The number of rotatable bonds is 4. The minimum Gasteiger partial charge on any atom is -0.347 e. The minimum absolute atomic E-state index is 0.416. The summed E-state index contributed by atoms with van der Waals surface area (Å²) in [7, 11) is 2.00. The molecule has 0 fully saturated rings. The van der Waals surface area contributed by atoms with Gasteiger partial charge in [-0.05, 0) is 49.5 Å². The van der Waals surface area contributed by atoms with Gasteiger partial charge in [-0.15, -0.1) is 0 Å². The highest BCUT2D eigenvalue weighted by atomic mass is 14.9. The first-order valence-electron chi connectivity index (χ1n) is 6.02. The average Bonchev–Trinajstić information content (AvgIpc) is 2.71. The molecule has 0 spiro atoms. The molecule has 1 heterocycles. The first-order valence-corrected chi connectivity index (χ1v) is 6.02. The Bertz CT molecular complexity index is 471. The molecule has 0 saturated carbocycles. The van der Waals surface area contributed by atoms with E-state index in [9.17, 15) is 0 Å². The molecule has 2 aromatic rings. The average molecular weight is 216 g/mol. The fourth-order valence-electron chi connectivity index (χ4n) is 2.09. The number of hydrogen-bond acceptors (Lipinski definition) is 1.